The number of hydrogen-bond donors (Lipinski definition) is 1. The first-order valence-electron chi connectivity index (χ1n) is 8.10. The minimum absolute atomic E-state index is 0.108. The van der Waals surface area contributed by atoms with E-state index in [1.54, 1.807) is 18.2 Å². The summed E-state index contributed by atoms with van der Waals surface area (Å²) in [5, 5.41) is 2.89. The van der Waals surface area contributed by atoms with Crippen molar-refractivity contribution in [1.82, 2.24) is 10.3 Å². The Bertz CT molecular complexity index is 885. The number of nitrogens with one attached hydrogen (secondary N) is 1. The van der Waals surface area contributed by atoms with Crippen molar-refractivity contribution in [2.24, 2.45) is 0 Å². The highest BCUT2D eigenvalue weighted by Crippen LogP contribution is 2.22. The molecule has 3 aromatic rings. The normalized spacial score (nSPS) is 10.7. The van der Waals surface area contributed by atoms with Crippen LogP contribution in [-0.4, -0.2) is 17.4 Å². The molecule has 25 heavy (non-hydrogen) atoms. The fourth-order valence-electron chi connectivity index (χ4n) is 2.56. The van der Waals surface area contributed by atoms with Gasteiger partial charge in [-0.25, -0.2) is 9.37 Å². The average Bonchev–Trinajstić information content (AvgIpc) is 2.96. The topological polar surface area (TPSA) is 55.1 Å². The van der Waals surface area contributed by atoms with Crippen LogP contribution < -0.4 is 5.32 Å². The number of amides is 1. The minimum atomic E-state index is -0.300. The Labute approximate surface area is 145 Å². The largest absolute Gasteiger partial charge is 0.441 e. The summed E-state index contributed by atoms with van der Waals surface area (Å²) in [7, 11) is 0. The number of carbonyl (C=O) groups excluding carboxylic acids is 1. The first-order valence-corrected chi connectivity index (χ1v) is 8.10. The SMILES string of the molecule is Cc1cccc(C(=O)NCCc2nc(-c3ccc(F)cc3)oc2C)c1. The number of halogens is 1. The zero-order chi connectivity index (χ0) is 17.8. The van der Waals surface area contributed by atoms with Crippen molar-refractivity contribution in [3.8, 4) is 11.5 Å². The van der Waals surface area contributed by atoms with Crippen LogP contribution in [-0.2, 0) is 6.42 Å². The van der Waals surface area contributed by atoms with Crippen LogP contribution in [0.15, 0.2) is 52.9 Å². The molecule has 0 bridgehead atoms. The van der Waals surface area contributed by atoms with Crippen LogP contribution in [0.25, 0.3) is 11.5 Å². The molecule has 0 aliphatic carbocycles. The van der Waals surface area contributed by atoms with Crippen molar-refractivity contribution < 1.29 is 13.6 Å². The number of oxazole rings is 1. The van der Waals surface area contributed by atoms with Gasteiger partial charge in [-0.15, -0.1) is 0 Å². The zero-order valence-electron chi connectivity index (χ0n) is 14.2. The van der Waals surface area contributed by atoms with E-state index in [2.05, 4.69) is 10.3 Å². The van der Waals surface area contributed by atoms with E-state index in [-0.39, 0.29) is 11.7 Å². The van der Waals surface area contributed by atoms with Crippen LogP contribution >= 0.6 is 0 Å². The summed E-state index contributed by atoms with van der Waals surface area (Å²) in [4.78, 5) is 16.6. The van der Waals surface area contributed by atoms with Crippen molar-refractivity contribution >= 4 is 5.91 Å². The highest BCUT2D eigenvalue weighted by Gasteiger charge is 2.12. The third-order valence-corrected chi connectivity index (χ3v) is 3.91. The van der Waals surface area contributed by atoms with Crippen molar-refractivity contribution in [1.29, 1.82) is 0 Å². The van der Waals surface area contributed by atoms with Crippen LogP contribution in [0.3, 0.4) is 0 Å². The lowest BCUT2D eigenvalue weighted by Gasteiger charge is -2.05. The van der Waals surface area contributed by atoms with Gasteiger partial charge in [0.25, 0.3) is 5.91 Å². The Kier molecular flexibility index (Phi) is 4.93. The number of rotatable bonds is 5. The molecule has 0 radical (unpaired) electrons. The van der Waals surface area contributed by atoms with E-state index < -0.39 is 0 Å². The first-order chi connectivity index (χ1) is 12.0. The lowest BCUT2D eigenvalue weighted by atomic mass is 10.1. The van der Waals surface area contributed by atoms with Crippen molar-refractivity contribution in [2.45, 2.75) is 20.3 Å². The van der Waals surface area contributed by atoms with E-state index in [1.165, 1.54) is 12.1 Å². The average molecular weight is 338 g/mol. The molecule has 1 heterocycles. The number of hydrogen-bond acceptors (Lipinski definition) is 3. The molecule has 3 rings (SSSR count). The van der Waals surface area contributed by atoms with Crippen LogP contribution in [0, 0.1) is 19.7 Å². The molecule has 1 N–H and O–H groups in total. The first kappa shape index (κ1) is 16.9. The molecule has 2 aromatic carbocycles. The van der Waals surface area contributed by atoms with Crippen LogP contribution in [0.5, 0.6) is 0 Å². The third-order valence-electron chi connectivity index (χ3n) is 3.91. The Morgan fingerprint density at radius 3 is 2.64 bits per heavy atom. The molecule has 0 saturated carbocycles. The van der Waals surface area contributed by atoms with Gasteiger partial charge in [0.05, 0.1) is 5.69 Å². The maximum Gasteiger partial charge on any atom is 0.251 e. The van der Waals surface area contributed by atoms with Crippen LogP contribution in [0.2, 0.25) is 0 Å². The quantitative estimate of drug-likeness (QED) is 0.763. The fraction of sp³-hybridized carbons (Fsp3) is 0.200. The Balaban J connectivity index is 1.62. The maximum atomic E-state index is 13.0. The molecule has 0 aliphatic rings. The van der Waals surface area contributed by atoms with Gasteiger partial charge in [0.1, 0.15) is 11.6 Å². The molecule has 4 nitrogen and oxygen atoms in total. The van der Waals surface area contributed by atoms with E-state index in [0.717, 1.165) is 16.8 Å². The molecule has 1 aromatic heterocycles. The summed E-state index contributed by atoms with van der Waals surface area (Å²) in [6.07, 6.45) is 0.564. The van der Waals surface area contributed by atoms with Gasteiger partial charge in [0.2, 0.25) is 5.89 Å². The second-order valence-electron chi connectivity index (χ2n) is 5.90. The van der Waals surface area contributed by atoms with Gasteiger partial charge in [-0.2, -0.15) is 0 Å². The molecule has 0 aliphatic heterocycles. The lowest BCUT2D eigenvalue weighted by Crippen LogP contribution is -2.25. The summed E-state index contributed by atoms with van der Waals surface area (Å²) < 4.78 is 18.7. The Hall–Kier alpha value is -2.95. The van der Waals surface area contributed by atoms with Gasteiger partial charge in [-0.1, -0.05) is 17.7 Å². The van der Waals surface area contributed by atoms with Crippen molar-refractivity contribution in [3.05, 3.63) is 76.9 Å². The van der Waals surface area contributed by atoms with Gasteiger partial charge in [-0.3, -0.25) is 4.79 Å². The predicted octanol–water partition coefficient (Wildman–Crippen LogP) is 4.07. The maximum absolute atomic E-state index is 13.0. The molecular weight excluding hydrogens is 319 g/mol. The summed E-state index contributed by atoms with van der Waals surface area (Å²) in [5.74, 6) is 0.747. The van der Waals surface area contributed by atoms with E-state index in [9.17, 15) is 9.18 Å². The molecule has 1 amide bonds. The van der Waals surface area contributed by atoms with Crippen molar-refractivity contribution in [2.75, 3.05) is 6.54 Å². The number of carbonyl (C=O) groups is 1. The van der Waals surface area contributed by atoms with Gasteiger partial charge >= 0.3 is 0 Å². The summed E-state index contributed by atoms with van der Waals surface area (Å²) in [6.45, 7) is 4.24. The fourth-order valence-corrected chi connectivity index (χ4v) is 2.56. The molecule has 128 valence electrons. The second kappa shape index (κ2) is 7.30. The lowest BCUT2D eigenvalue weighted by molar-refractivity contribution is 0.0954. The Morgan fingerprint density at radius 1 is 1.16 bits per heavy atom. The molecule has 0 unspecified atom stereocenters. The zero-order valence-corrected chi connectivity index (χ0v) is 14.2. The number of nitrogens with zero attached hydrogens (tertiary/aromatic N) is 1. The smallest absolute Gasteiger partial charge is 0.251 e. The monoisotopic (exact) mass is 338 g/mol. The number of aromatic nitrogens is 1. The van der Waals surface area contributed by atoms with Gasteiger partial charge in [-0.05, 0) is 50.2 Å². The van der Waals surface area contributed by atoms with Gasteiger partial charge < -0.3 is 9.73 Å². The standard InChI is InChI=1S/C20H19FN2O2/c1-13-4-3-5-16(12-13)19(24)22-11-10-18-14(2)25-20(23-18)15-6-8-17(21)9-7-15/h3-9,12H,10-11H2,1-2H3,(H,22,24). The van der Waals surface area contributed by atoms with Gasteiger partial charge in [0, 0.05) is 24.1 Å². The predicted molar refractivity (Wildman–Crippen MR) is 93.9 cm³/mol. The molecule has 5 heteroatoms. The summed E-state index contributed by atoms with van der Waals surface area (Å²) in [6, 6.07) is 13.5. The van der Waals surface area contributed by atoms with Crippen LogP contribution in [0.1, 0.15) is 27.4 Å². The van der Waals surface area contributed by atoms with E-state index in [0.29, 0.717) is 30.2 Å². The minimum Gasteiger partial charge on any atom is -0.441 e. The molecule has 0 saturated heterocycles. The second-order valence-corrected chi connectivity index (χ2v) is 5.90. The van der Waals surface area contributed by atoms with E-state index >= 15 is 0 Å². The molecule has 0 spiro atoms. The highest BCUT2D eigenvalue weighted by molar-refractivity contribution is 5.94. The molecular formula is C20H19FN2O2. The molecule has 0 fully saturated rings. The van der Waals surface area contributed by atoms with Gasteiger partial charge in [0.15, 0.2) is 0 Å². The van der Waals surface area contributed by atoms with Crippen LogP contribution in [0.4, 0.5) is 4.39 Å². The number of benzene rings is 2. The van der Waals surface area contributed by atoms with Crippen molar-refractivity contribution in [3.63, 3.8) is 0 Å². The highest BCUT2D eigenvalue weighted by atomic mass is 19.1. The van der Waals surface area contributed by atoms with E-state index in [4.69, 9.17) is 4.42 Å². The third kappa shape index (κ3) is 4.12. The summed E-state index contributed by atoms with van der Waals surface area (Å²) in [5.41, 5.74) is 3.19. The Morgan fingerprint density at radius 2 is 1.92 bits per heavy atom. The summed E-state index contributed by atoms with van der Waals surface area (Å²) >= 11 is 0. The number of aryl methyl sites for hydroxylation is 2. The molecule has 0 atom stereocenters. The van der Waals surface area contributed by atoms with E-state index in [1.807, 2.05) is 32.0 Å².